The van der Waals surface area contributed by atoms with Crippen LogP contribution in [0.5, 0.6) is 0 Å². The molecule has 0 saturated heterocycles. The second-order valence-corrected chi connectivity index (χ2v) is 5.81. The van der Waals surface area contributed by atoms with E-state index in [-0.39, 0.29) is 5.69 Å². The van der Waals surface area contributed by atoms with Crippen molar-refractivity contribution in [2.45, 2.75) is 31.7 Å². The summed E-state index contributed by atoms with van der Waals surface area (Å²) >= 11 is 0. The first-order chi connectivity index (χ1) is 11.8. The Bertz CT molecular complexity index is 691. The van der Waals surface area contributed by atoms with Crippen molar-refractivity contribution in [3.8, 4) is 6.07 Å². The molecule has 0 heterocycles. The molecule has 4 nitrogen and oxygen atoms in total. The Morgan fingerprint density at radius 1 is 1.19 bits per heavy atom. The first-order valence-electron chi connectivity index (χ1n) is 7.44. The number of benzene rings is 1. The van der Waals surface area contributed by atoms with Crippen molar-refractivity contribution in [3.63, 3.8) is 0 Å². The number of anilines is 1. The fourth-order valence-electron chi connectivity index (χ4n) is 2.34. The molecule has 144 valence electrons. The van der Waals surface area contributed by atoms with Crippen LogP contribution in [0.4, 0.5) is 32.0 Å². The average Bonchev–Trinajstić information content (AvgIpc) is 2.51. The predicted molar refractivity (Wildman–Crippen MR) is 82.3 cm³/mol. The van der Waals surface area contributed by atoms with Crippen LogP contribution in [0.15, 0.2) is 18.2 Å². The molecule has 1 atom stereocenters. The minimum atomic E-state index is -4.86. The van der Waals surface area contributed by atoms with Crippen LogP contribution in [0.25, 0.3) is 0 Å². The summed E-state index contributed by atoms with van der Waals surface area (Å²) in [6.45, 7) is 0.609. The third-order valence-corrected chi connectivity index (χ3v) is 3.66. The van der Waals surface area contributed by atoms with Gasteiger partial charge in [0.25, 0.3) is 0 Å². The molecule has 1 aromatic rings. The lowest BCUT2D eigenvalue weighted by Gasteiger charge is -2.33. The van der Waals surface area contributed by atoms with E-state index in [2.05, 4.69) is 0 Å². The van der Waals surface area contributed by atoms with Gasteiger partial charge in [0.2, 0.25) is 5.91 Å². The summed E-state index contributed by atoms with van der Waals surface area (Å²) in [5.74, 6) is -0.565. The second-order valence-electron chi connectivity index (χ2n) is 5.81. The highest BCUT2D eigenvalue weighted by molar-refractivity contribution is 5.84. The molecule has 0 fully saturated rings. The fourth-order valence-corrected chi connectivity index (χ4v) is 2.34. The Hall–Kier alpha value is -2.44. The van der Waals surface area contributed by atoms with Crippen LogP contribution < -0.4 is 4.90 Å². The lowest BCUT2D eigenvalue weighted by atomic mass is 10.1. The Kier molecular flexibility index (Phi) is 6.52. The van der Waals surface area contributed by atoms with Gasteiger partial charge in [0, 0.05) is 26.3 Å². The van der Waals surface area contributed by atoms with Gasteiger partial charge in [0.15, 0.2) is 0 Å². The van der Waals surface area contributed by atoms with Gasteiger partial charge < -0.3 is 9.80 Å². The van der Waals surface area contributed by atoms with E-state index in [0.717, 1.165) is 21.9 Å². The van der Waals surface area contributed by atoms with E-state index in [4.69, 9.17) is 5.26 Å². The number of hydrogen-bond acceptors (Lipinski definition) is 3. The number of hydrogen-bond donors (Lipinski definition) is 0. The normalized spacial score (nSPS) is 13.1. The number of amides is 1. The number of likely N-dealkylation sites (N-methyl/N-ethyl adjacent to an activating group) is 1. The van der Waals surface area contributed by atoms with Gasteiger partial charge in [-0.1, -0.05) is 0 Å². The van der Waals surface area contributed by atoms with Gasteiger partial charge in [-0.25, -0.2) is 0 Å². The summed E-state index contributed by atoms with van der Waals surface area (Å²) in [4.78, 5) is 14.2. The van der Waals surface area contributed by atoms with E-state index in [1.807, 2.05) is 0 Å². The molecule has 0 aromatic heterocycles. The predicted octanol–water partition coefficient (Wildman–Crippen LogP) is 3.81. The van der Waals surface area contributed by atoms with Crippen molar-refractivity contribution >= 4 is 11.6 Å². The van der Waals surface area contributed by atoms with E-state index in [1.54, 1.807) is 0 Å². The van der Waals surface area contributed by atoms with Crippen molar-refractivity contribution in [1.82, 2.24) is 4.90 Å². The van der Waals surface area contributed by atoms with Gasteiger partial charge in [-0.05, 0) is 25.1 Å². The molecule has 0 unspecified atom stereocenters. The zero-order valence-corrected chi connectivity index (χ0v) is 14.2. The van der Waals surface area contributed by atoms with Crippen LogP contribution in [0.3, 0.4) is 0 Å². The maximum absolute atomic E-state index is 13.1. The van der Waals surface area contributed by atoms with E-state index < -0.39 is 48.4 Å². The molecule has 0 N–H and O–H groups in total. The zero-order chi connectivity index (χ0) is 20.3. The maximum Gasteiger partial charge on any atom is 0.417 e. The SMILES string of the molecule is C[C@@H](C(=O)N(C)C)N(CCC(F)(F)F)c1ccc(C#N)c(C(F)(F)F)c1. The summed E-state index contributed by atoms with van der Waals surface area (Å²) in [6, 6.07) is 2.85. The maximum atomic E-state index is 13.1. The number of carbonyl (C=O) groups excluding carboxylic acids is 1. The van der Waals surface area contributed by atoms with E-state index in [0.29, 0.717) is 6.07 Å². The highest BCUT2D eigenvalue weighted by Gasteiger charge is 2.36. The van der Waals surface area contributed by atoms with Gasteiger partial charge in [-0.15, -0.1) is 0 Å². The molecule has 0 aliphatic carbocycles. The van der Waals surface area contributed by atoms with E-state index in [1.165, 1.54) is 27.1 Å². The minimum absolute atomic E-state index is 0.219. The molecule has 0 radical (unpaired) electrons. The highest BCUT2D eigenvalue weighted by Crippen LogP contribution is 2.35. The van der Waals surface area contributed by atoms with Crippen molar-refractivity contribution < 1.29 is 31.1 Å². The van der Waals surface area contributed by atoms with Crippen LogP contribution >= 0.6 is 0 Å². The second kappa shape index (κ2) is 7.85. The summed E-state index contributed by atoms with van der Waals surface area (Å²) in [5, 5.41) is 8.82. The van der Waals surface area contributed by atoms with Gasteiger partial charge >= 0.3 is 12.4 Å². The number of nitrogens with zero attached hydrogens (tertiary/aromatic N) is 3. The standard InChI is InChI=1S/C16H17F6N3O/c1-10(14(26)24(2)3)25(7-6-15(17,18)19)12-5-4-11(9-23)13(8-12)16(20,21)22/h4-5,8,10H,6-7H2,1-3H3/t10-/m0/s1. The lowest BCUT2D eigenvalue weighted by molar-refractivity contribution is -0.138. The quantitative estimate of drug-likeness (QED) is 0.729. The van der Waals surface area contributed by atoms with Crippen LogP contribution in [0.1, 0.15) is 24.5 Å². The van der Waals surface area contributed by atoms with Gasteiger partial charge in [0.1, 0.15) is 6.04 Å². The molecular formula is C16H17F6N3O. The smallest absolute Gasteiger partial charge is 0.359 e. The van der Waals surface area contributed by atoms with Crippen LogP contribution in [0, 0.1) is 11.3 Å². The molecule has 1 rings (SSSR count). The Morgan fingerprint density at radius 3 is 2.19 bits per heavy atom. The van der Waals surface area contributed by atoms with Crippen LogP contribution in [-0.4, -0.2) is 43.7 Å². The van der Waals surface area contributed by atoms with Gasteiger partial charge in [-0.2, -0.15) is 31.6 Å². The molecule has 26 heavy (non-hydrogen) atoms. The first kappa shape index (κ1) is 21.6. The average molecular weight is 381 g/mol. The first-order valence-corrected chi connectivity index (χ1v) is 7.44. The monoisotopic (exact) mass is 381 g/mol. The minimum Gasteiger partial charge on any atom is -0.359 e. The number of rotatable bonds is 5. The molecule has 0 aliphatic rings. The summed E-state index contributed by atoms with van der Waals surface area (Å²) < 4.78 is 77.1. The lowest BCUT2D eigenvalue weighted by Crippen LogP contribution is -2.46. The van der Waals surface area contributed by atoms with Gasteiger partial charge in [-0.3, -0.25) is 4.79 Å². The number of alkyl halides is 6. The molecule has 10 heteroatoms. The summed E-state index contributed by atoms with van der Waals surface area (Å²) in [6.07, 6.45) is -10.7. The number of carbonyl (C=O) groups is 1. The Labute approximate surface area is 146 Å². The number of halogens is 6. The third kappa shape index (κ3) is 5.54. The van der Waals surface area contributed by atoms with E-state index in [9.17, 15) is 31.1 Å². The zero-order valence-electron chi connectivity index (χ0n) is 14.2. The fraction of sp³-hybridized carbons (Fsp3) is 0.500. The molecule has 0 spiro atoms. The van der Waals surface area contributed by atoms with Crippen molar-refractivity contribution in [2.24, 2.45) is 0 Å². The molecule has 0 bridgehead atoms. The van der Waals surface area contributed by atoms with Crippen LogP contribution in [0.2, 0.25) is 0 Å². The topological polar surface area (TPSA) is 47.3 Å². The number of nitriles is 1. The summed E-state index contributed by atoms with van der Waals surface area (Å²) in [5.41, 5.74) is -2.13. The highest BCUT2D eigenvalue weighted by atomic mass is 19.4. The van der Waals surface area contributed by atoms with Crippen molar-refractivity contribution in [3.05, 3.63) is 29.3 Å². The molecule has 1 aromatic carbocycles. The Balaban J connectivity index is 3.38. The molecule has 1 amide bonds. The third-order valence-electron chi connectivity index (χ3n) is 3.66. The van der Waals surface area contributed by atoms with Crippen LogP contribution in [-0.2, 0) is 11.0 Å². The van der Waals surface area contributed by atoms with Crippen molar-refractivity contribution in [1.29, 1.82) is 5.26 Å². The largest absolute Gasteiger partial charge is 0.417 e. The van der Waals surface area contributed by atoms with Crippen molar-refractivity contribution in [2.75, 3.05) is 25.5 Å². The molecular weight excluding hydrogens is 364 g/mol. The molecule has 0 saturated carbocycles. The van der Waals surface area contributed by atoms with Gasteiger partial charge in [0.05, 0.1) is 23.6 Å². The molecule has 0 aliphatic heterocycles. The van der Waals surface area contributed by atoms with E-state index >= 15 is 0 Å². The summed E-state index contributed by atoms with van der Waals surface area (Å²) in [7, 11) is 2.78. The Morgan fingerprint density at radius 2 is 1.77 bits per heavy atom.